The highest BCUT2D eigenvalue weighted by Crippen LogP contribution is 2.45. The Labute approximate surface area is 201 Å². The number of nitrogens with one attached hydrogen (secondary N) is 2. The van der Waals surface area contributed by atoms with E-state index in [4.69, 9.17) is 4.98 Å². The van der Waals surface area contributed by atoms with Crippen molar-refractivity contribution in [3.63, 3.8) is 0 Å². The maximum atomic E-state index is 13.6. The second-order valence-corrected chi connectivity index (χ2v) is 11.5. The van der Waals surface area contributed by atoms with E-state index in [-0.39, 0.29) is 17.0 Å². The topological polar surface area (TPSA) is 77.8 Å². The zero-order valence-electron chi connectivity index (χ0n) is 18.9. The fourth-order valence-corrected chi connectivity index (χ4v) is 6.73. The molecule has 0 bridgehead atoms. The van der Waals surface area contributed by atoms with Crippen molar-refractivity contribution in [2.45, 2.75) is 45.2 Å². The van der Waals surface area contributed by atoms with Crippen LogP contribution in [0.25, 0.3) is 21.5 Å². The van der Waals surface area contributed by atoms with Gasteiger partial charge in [0.1, 0.15) is 11.1 Å². The summed E-state index contributed by atoms with van der Waals surface area (Å²) in [6.45, 7) is 8.54. The Morgan fingerprint density at radius 2 is 1.97 bits per heavy atom. The molecule has 2 N–H and O–H groups in total. The minimum atomic E-state index is -0.286. The zero-order valence-corrected chi connectivity index (χ0v) is 20.6. The summed E-state index contributed by atoms with van der Waals surface area (Å²) in [6.07, 6.45) is 0.738. The van der Waals surface area contributed by atoms with E-state index < -0.39 is 0 Å². The van der Waals surface area contributed by atoms with Crippen LogP contribution in [0.3, 0.4) is 0 Å². The summed E-state index contributed by atoms with van der Waals surface area (Å²) in [5, 5.41) is 20.1. The maximum Gasteiger partial charge on any atom is 0.257 e. The van der Waals surface area contributed by atoms with E-state index in [9.17, 15) is 10.1 Å². The van der Waals surface area contributed by atoms with Crippen LogP contribution >= 0.6 is 22.7 Å². The first-order chi connectivity index (χ1) is 15.7. The molecule has 7 heteroatoms. The van der Waals surface area contributed by atoms with Crippen LogP contribution in [-0.4, -0.2) is 16.4 Å². The molecular weight excluding hydrogens is 448 g/mol. The van der Waals surface area contributed by atoms with Crippen molar-refractivity contribution in [1.29, 1.82) is 5.26 Å². The first-order valence-electron chi connectivity index (χ1n) is 10.8. The number of para-hydroxylation sites is 1. The van der Waals surface area contributed by atoms with Crippen LogP contribution in [0.15, 0.2) is 47.8 Å². The van der Waals surface area contributed by atoms with Gasteiger partial charge in [-0.05, 0) is 63.3 Å². The van der Waals surface area contributed by atoms with Crippen molar-refractivity contribution in [1.82, 2.24) is 10.3 Å². The van der Waals surface area contributed by atoms with Crippen molar-refractivity contribution in [3.8, 4) is 16.6 Å². The zero-order chi connectivity index (χ0) is 23.4. The van der Waals surface area contributed by atoms with E-state index in [0.29, 0.717) is 16.1 Å². The van der Waals surface area contributed by atoms with Gasteiger partial charge >= 0.3 is 0 Å². The number of rotatable bonds is 3. The minimum absolute atomic E-state index is 0.138. The number of benzene rings is 1. The Morgan fingerprint density at radius 3 is 2.70 bits per heavy atom. The highest BCUT2D eigenvalue weighted by Gasteiger charge is 2.40. The summed E-state index contributed by atoms with van der Waals surface area (Å²) >= 11 is 3.08. The standard InChI is InChI=1S/C26H24N4OS2/c1-25(2)13-17-18(14-27)24(33-22(17)26(3,4)30-25)29-23(31)16-12-20(21-10-7-11-32-21)28-19-9-6-5-8-15(16)19/h5-12,30H,13H2,1-4H3,(H,29,31). The number of hydrogen-bond acceptors (Lipinski definition) is 6. The summed E-state index contributed by atoms with van der Waals surface area (Å²) in [5.41, 5.74) is 3.27. The van der Waals surface area contributed by atoms with Gasteiger partial charge in [0.15, 0.2) is 0 Å². The summed E-state index contributed by atoms with van der Waals surface area (Å²) < 4.78 is 0. The maximum absolute atomic E-state index is 13.6. The number of nitriles is 1. The van der Waals surface area contributed by atoms with Gasteiger partial charge < -0.3 is 10.6 Å². The molecule has 0 unspecified atom stereocenters. The lowest BCUT2D eigenvalue weighted by Crippen LogP contribution is -2.54. The number of hydrogen-bond donors (Lipinski definition) is 2. The van der Waals surface area contributed by atoms with E-state index in [2.05, 4.69) is 44.4 Å². The van der Waals surface area contributed by atoms with Crippen LogP contribution in [0.4, 0.5) is 5.00 Å². The van der Waals surface area contributed by atoms with Crippen LogP contribution < -0.4 is 10.6 Å². The highest BCUT2D eigenvalue weighted by molar-refractivity contribution is 7.17. The van der Waals surface area contributed by atoms with Crippen LogP contribution in [0.2, 0.25) is 0 Å². The van der Waals surface area contributed by atoms with E-state index in [0.717, 1.165) is 38.3 Å². The molecule has 166 valence electrons. The average Bonchev–Trinajstić information content (AvgIpc) is 3.40. The molecular formula is C26H24N4OS2. The number of fused-ring (bicyclic) bond motifs is 2. The lowest BCUT2D eigenvalue weighted by molar-refractivity contribution is 0.102. The van der Waals surface area contributed by atoms with Gasteiger partial charge in [-0.15, -0.1) is 22.7 Å². The van der Waals surface area contributed by atoms with Gasteiger partial charge in [0, 0.05) is 21.3 Å². The second kappa shape index (κ2) is 7.77. The van der Waals surface area contributed by atoms with Crippen LogP contribution in [0, 0.1) is 11.3 Å². The van der Waals surface area contributed by atoms with Crippen LogP contribution in [0.5, 0.6) is 0 Å². The number of carbonyl (C=O) groups is 1. The number of anilines is 1. The molecule has 0 atom stereocenters. The third-order valence-corrected chi connectivity index (χ3v) is 8.28. The number of aromatic nitrogens is 1. The largest absolute Gasteiger partial charge is 0.312 e. The molecule has 3 aromatic heterocycles. The lowest BCUT2D eigenvalue weighted by atomic mass is 9.81. The average molecular weight is 473 g/mol. The Bertz CT molecular complexity index is 1420. The molecule has 0 aliphatic carbocycles. The third kappa shape index (κ3) is 3.84. The number of thiophene rings is 2. The lowest BCUT2D eigenvalue weighted by Gasteiger charge is -2.42. The van der Waals surface area contributed by atoms with Gasteiger partial charge in [-0.1, -0.05) is 24.3 Å². The number of carbonyl (C=O) groups excluding carboxylic acids is 1. The number of pyridine rings is 1. The molecule has 0 saturated carbocycles. The molecule has 1 amide bonds. The molecule has 4 heterocycles. The van der Waals surface area contributed by atoms with E-state index in [1.807, 2.05) is 47.8 Å². The molecule has 0 spiro atoms. The predicted molar refractivity (Wildman–Crippen MR) is 136 cm³/mol. The number of amides is 1. The first kappa shape index (κ1) is 21.8. The molecule has 1 aliphatic heterocycles. The Kier molecular flexibility index (Phi) is 5.13. The SMILES string of the molecule is CC1(C)Cc2c(sc(NC(=O)c3cc(-c4cccs4)nc4ccccc34)c2C#N)C(C)(C)N1. The van der Waals surface area contributed by atoms with Gasteiger partial charge in [0.2, 0.25) is 0 Å². The molecule has 0 fully saturated rings. The summed E-state index contributed by atoms with van der Waals surface area (Å²) in [7, 11) is 0. The Hall–Kier alpha value is -3.05. The molecule has 33 heavy (non-hydrogen) atoms. The van der Waals surface area contributed by atoms with Crippen molar-refractivity contribution in [2.75, 3.05) is 5.32 Å². The fourth-order valence-electron chi connectivity index (χ4n) is 4.82. The molecule has 4 aromatic rings. The van der Waals surface area contributed by atoms with Crippen molar-refractivity contribution >= 4 is 44.5 Å². The van der Waals surface area contributed by atoms with E-state index in [1.165, 1.54) is 11.3 Å². The molecule has 0 saturated heterocycles. The monoisotopic (exact) mass is 472 g/mol. The van der Waals surface area contributed by atoms with Gasteiger partial charge in [0.05, 0.1) is 27.2 Å². The second-order valence-electron chi connectivity index (χ2n) is 9.54. The normalized spacial score (nSPS) is 16.2. The van der Waals surface area contributed by atoms with Gasteiger partial charge in [-0.25, -0.2) is 4.98 Å². The predicted octanol–water partition coefficient (Wildman–Crippen LogP) is 6.31. The van der Waals surface area contributed by atoms with Gasteiger partial charge in [-0.3, -0.25) is 4.79 Å². The van der Waals surface area contributed by atoms with E-state index in [1.54, 1.807) is 11.3 Å². The van der Waals surface area contributed by atoms with Crippen LogP contribution in [-0.2, 0) is 12.0 Å². The van der Waals surface area contributed by atoms with Crippen molar-refractivity contribution in [3.05, 3.63) is 69.4 Å². The summed E-state index contributed by atoms with van der Waals surface area (Å²) in [5.74, 6) is -0.230. The Balaban J connectivity index is 1.59. The smallest absolute Gasteiger partial charge is 0.257 e. The fraction of sp³-hybridized carbons (Fsp3) is 0.269. The van der Waals surface area contributed by atoms with Gasteiger partial charge in [-0.2, -0.15) is 5.26 Å². The Morgan fingerprint density at radius 1 is 1.18 bits per heavy atom. The van der Waals surface area contributed by atoms with E-state index >= 15 is 0 Å². The summed E-state index contributed by atoms with van der Waals surface area (Å²) in [6, 6.07) is 15.9. The van der Waals surface area contributed by atoms with Crippen LogP contribution in [0.1, 0.15) is 54.1 Å². The quantitative estimate of drug-likeness (QED) is 0.366. The molecule has 5 rings (SSSR count). The minimum Gasteiger partial charge on any atom is -0.312 e. The molecule has 5 nitrogen and oxygen atoms in total. The third-order valence-electron chi connectivity index (χ3n) is 5.92. The molecule has 1 aliphatic rings. The summed E-state index contributed by atoms with van der Waals surface area (Å²) in [4.78, 5) is 20.4. The highest BCUT2D eigenvalue weighted by atomic mass is 32.1. The van der Waals surface area contributed by atoms with Gasteiger partial charge in [0.25, 0.3) is 5.91 Å². The molecule has 1 aromatic carbocycles. The number of nitrogens with zero attached hydrogens (tertiary/aromatic N) is 2. The molecule has 0 radical (unpaired) electrons. The van der Waals surface area contributed by atoms with Crippen molar-refractivity contribution in [2.24, 2.45) is 0 Å². The van der Waals surface area contributed by atoms with Crippen molar-refractivity contribution < 1.29 is 4.79 Å². The first-order valence-corrected chi connectivity index (χ1v) is 12.5.